The molecule has 0 radical (unpaired) electrons. The van der Waals surface area contributed by atoms with Crippen molar-refractivity contribution in [2.75, 3.05) is 13.2 Å². The highest BCUT2D eigenvalue weighted by atomic mass is 16.5. The number of phenols is 1. The summed E-state index contributed by atoms with van der Waals surface area (Å²) >= 11 is 0. The van der Waals surface area contributed by atoms with Crippen molar-refractivity contribution in [2.45, 2.75) is 40.0 Å². The maximum Gasteiger partial charge on any atom is 0.316 e. The van der Waals surface area contributed by atoms with Gasteiger partial charge in [-0.1, -0.05) is 13.8 Å². The predicted octanol–water partition coefficient (Wildman–Crippen LogP) is 3.96. The maximum atomic E-state index is 12.2. The smallest absolute Gasteiger partial charge is 0.316 e. The standard InChI is InChI=1S/C20H26N2O4/c1-14(2)13-17(23)16-7-8-18(15(3)19(16)24)25-11-4-5-12-26-20-21-9-6-10-22-20/h6-10,14,24H,4-5,11-13H2,1-3H3. The van der Waals surface area contributed by atoms with E-state index in [4.69, 9.17) is 9.47 Å². The van der Waals surface area contributed by atoms with Gasteiger partial charge in [0, 0.05) is 24.4 Å². The van der Waals surface area contributed by atoms with Crippen LogP contribution < -0.4 is 9.47 Å². The van der Waals surface area contributed by atoms with Crippen LogP contribution in [0.2, 0.25) is 0 Å². The Bertz CT molecular complexity index is 717. The lowest BCUT2D eigenvalue weighted by atomic mass is 9.98. The molecular weight excluding hydrogens is 332 g/mol. The number of Topliss-reactive ketones (excluding diaryl/α,β-unsaturated/α-hetero) is 1. The summed E-state index contributed by atoms with van der Waals surface area (Å²) in [7, 11) is 0. The molecule has 1 heterocycles. The molecule has 0 fully saturated rings. The molecule has 0 amide bonds. The van der Waals surface area contributed by atoms with Crippen LogP contribution in [0.25, 0.3) is 0 Å². The molecule has 6 heteroatoms. The quantitative estimate of drug-likeness (QED) is 0.511. The van der Waals surface area contributed by atoms with Crippen molar-refractivity contribution in [1.82, 2.24) is 9.97 Å². The number of rotatable bonds is 10. The van der Waals surface area contributed by atoms with Crippen LogP contribution in [-0.2, 0) is 0 Å². The molecule has 0 saturated carbocycles. The number of nitrogens with zero attached hydrogens (tertiary/aromatic N) is 2. The molecule has 0 bridgehead atoms. The van der Waals surface area contributed by atoms with E-state index in [2.05, 4.69) is 9.97 Å². The summed E-state index contributed by atoms with van der Waals surface area (Å²) < 4.78 is 11.1. The van der Waals surface area contributed by atoms with Crippen LogP contribution in [0.1, 0.15) is 49.0 Å². The second-order valence-electron chi connectivity index (χ2n) is 6.54. The lowest BCUT2D eigenvalue weighted by Crippen LogP contribution is -2.07. The normalized spacial score (nSPS) is 10.8. The van der Waals surface area contributed by atoms with Crippen LogP contribution in [0.4, 0.5) is 0 Å². The van der Waals surface area contributed by atoms with E-state index in [0.717, 1.165) is 12.8 Å². The van der Waals surface area contributed by atoms with Gasteiger partial charge in [0.25, 0.3) is 0 Å². The number of benzene rings is 1. The lowest BCUT2D eigenvalue weighted by Gasteiger charge is -2.13. The second kappa shape index (κ2) is 9.75. The van der Waals surface area contributed by atoms with E-state index in [1.54, 1.807) is 37.5 Å². The summed E-state index contributed by atoms with van der Waals surface area (Å²) in [4.78, 5) is 20.1. The highest BCUT2D eigenvalue weighted by molar-refractivity contribution is 5.99. The fourth-order valence-corrected chi connectivity index (χ4v) is 2.45. The van der Waals surface area contributed by atoms with Gasteiger partial charge in [0.2, 0.25) is 0 Å². The first-order valence-corrected chi connectivity index (χ1v) is 8.87. The molecule has 2 rings (SSSR count). The van der Waals surface area contributed by atoms with Crippen LogP contribution in [-0.4, -0.2) is 34.1 Å². The Morgan fingerprint density at radius 3 is 2.42 bits per heavy atom. The molecule has 0 atom stereocenters. The molecule has 26 heavy (non-hydrogen) atoms. The van der Waals surface area contributed by atoms with Gasteiger partial charge in [0.15, 0.2) is 5.78 Å². The Hall–Kier alpha value is -2.63. The van der Waals surface area contributed by atoms with Gasteiger partial charge in [-0.2, -0.15) is 0 Å². The summed E-state index contributed by atoms with van der Waals surface area (Å²) in [6.45, 7) is 6.73. The Morgan fingerprint density at radius 1 is 1.12 bits per heavy atom. The number of ether oxygens (including phenoxy) is 2. The molecule has 0 aliphatic rings. The van der Waals surface area contributed by atoms with E-state index < -0.39 is 0 Å². The molecule has 6 nitrogen and oxygen atoms in total. The average molecular weight is 358 g/mol. The van der Waals surface area contributed by atoms with Crippen LogP contribution in [0, 0.1) is 12.8 Å². The molecule has 0 aliphatic carbocycles. The molecule has 1 aromatic carbocycles. The van der Waals surface area contributed by atoms with Crippen molar-refractivity contribution < 1.29 is 19.4 Å². The highest BCUT2D eigenvalue weighted by Gasteiger charge is 2.16. The SMILES string of the molecule is Cc1c(OCCCCOc2ncccn2)ccc(C(=O)CC(C)C)c1O. The van der Waals surface area contributed by atoms with Crippen LogP contribution in [0.3, 0.4) is 0 Å². The number of hydrogen-bond donors (Lipinski definition) is 1. The highest BCUT2D eigenvalue weighted by Crippen LogP contribution is 2.31. The Morgan fingerprint density at radius 2 is 1.77 bits per heavy atom. The first-order valence-electron chi connectivity index (χ1n) is 8.87. The van der Waals surface area contributed by atoms with Crippen molar-refractivity contribution >= 4 is 5.78 Å². The Kier molecular flexibility index (Phi) is 7.38. The van der Waals surface area contributed by atoms with Gasteiger partial charge in [-0.15, -0.1) is 0 Å². The molecular formula is C20H26N2O4. The van der Waals surface area contributed by atoms with E-state index >= 15 is 0 Å². The molecule has 0 saturated heterocycles. The van der Waals surface area contributed by atoms with Gasteiger partial charge < -0.3 is 14.6 Å². The summed E-state index contributed by atoms with van der Waals surface area (Å²) in [6, 6.07) is 5.49. The van der Waals surface area contributed by atoms with Crippen molar-refractivity contribution in [1.29, 1.82) is 0 Å². The zero-order chi connectivity index (χ0) is 18.9. The zero-order valence-corrected chi connectivity index (χ0v) is 15.6. The van der Waals surface area contributed by atoms with Gasteiger partial charge in [0.05, 0.1) is 18.8 Å². The van der Waals surface area contributed by atoms with E-state index in [1.807, 2.05) is 13.8 Å². The number of aromatic nitrogens is 2. The number of ketones is 1. The van der Waals surface area contributed by atoms with Gasteiger partial charge in [-0.05, 0) is 43.9 Å². The first kappa shape index (κ1) is 19.7. The van der Waals surface area contributed by atoms with Crippen molar-refractivity contribution in [3.05, 3.63) is 41.7 Å². The molecule has 0 spiro atoms. The minimum atomic E-state index is -0.0487. The number of carbonyl (C=O) groups is 1. The molecule has 140 valence electrons. The van der Waals surface area contributed by atoms with Crippen LogP contribution in [0.15, 0.2) is 30.6 Å². The molecule has 2 aromatic rings. The van der Waals surface area contributed by atoms with Crippen LogP contribution in [0.5, 0.6) is 17.5 Å². The molecule has 0 unspecified atom stereocenters. The van der Waals surface area contributed by atoms with Gasteiger partial charge >= 0.3 is 6.01 Å². The maximum absolute atomic E-state index is 12.2. The molecule has 1 aromatic heterocycles. The minimum Gasteiger partial charge on any atom is -0.507 e. The predicted molar refractivity (Wildman–Crippen MR) is 98.9 cm³/mol. The van der Waals surface area contributed by atoms with E-state index in [9.17, 15) is 9.90 Å². The number of aromatic hydroxyl groups is 1. The van der Waals surface area contributed by atoms with E-state index in [0.29, 0.717) is 42.5 Å². The monoisotopic (exact) mass is 358 g/mol. The number of unbranched alkanes of at least 4 members (excludes halogenated alkanes) is 1. The number of phenolic OH excluding ortho intramolecular Hbond substituents is 1. The number of hydrogen-bond acceptors (Lipinski definition) is 6. The van der Waals surface area contributed by atoms with Crippen molar-refractivity contribution in [3.8, 4) is 17.5 Å². The summed E-state index contributed by atoms with van der Waals surface area (Å²) in [5, 5.41) is 10.3. The third-order valence-electron chi connectivity index (χ3n) is 3.84. The van der Waals surface area contributed by atoms with Crippen LogP contribution >= 0.6 is 0 Å². The largest absolute Gasteiger partial charge is 0.507 e. The summed E-state index contributed by atoms with van der Waals surface area (Å²) in [5.41, 5.74) is 0.952. The molecule has 1 N–H and O–H groups in total. The number of carbonyl (C=O) groups excluding carboxylic acids is 1. The van der Waals surface area contributed by atoms with Gasteiger partial charge in [0.1, 0.15) is 11.5 Å². The Labute approximate surface area is 154 Å². The minimum absolute atomic E-state index is 0.0118. The van der Waals surface area contributed by atoms with E-state index in [1.165, 1.54) is 0 Å². The fourth-order valence-electron chi connectivity index (χ4n) is 2.45. The average Bonchev–Trinajstić information content (AvgIpc) is 2.61. The summed E-state index contributed by atoms with van der Waals surface area (Å²) in [6.07, 6.45) is 5.28. The van der Waals surface area contributed by atoms with Crippen molar-refractivity contribution in [3.63, 3.8) is 0 Å². The van der Waals surface area contributed by atoms with Gasteiger partial charge in [-0.3, -0.25) is 4.79 Å². The Balaban J connectivity index is 1.79. The molecule has 0 aliphatic heterocycles. The van der Waals surface area contributed by atoms with E-state index in [-0.39, 0.29) is 17.5 Å². The third-order valence-corrected chi connectivity index (χ3v) is 3.84. The first-order chi connectivity index (χ1) is 12.5. The lowest BCUT2D eigenvalue weighted by molar-refractivity contribution is 0.0965. The van der Waals surface area contributed by atoms with Crippen molar-refractivity contribution in [2.24, 2.45) is 5.92 Å². The second-order valence-corrected chi connectivity index (χ2v) is 6.54. The third kappa shape index (κ3) is 5.72. The topological polar surface area (TPSA) is 81.5 Å². The zero-order valence-electron chi connectivity index (χ0n) is 15.6. The van der Waals surface area contributed by atoms with Gasteiger partial charge in [-0.25, -0.2) is 9.97 Å². The fraction of sp³-hybridized carbons (Fsp3) is 0.450. The summed E-state index contributed by atoms with van der Waals surface area (Å²) in [5.74, 6) is 0.808.